The van der Waals surface area contributed by atoms with Gasteiger partial charge >= 0.3 is 6.18 Å². The lowest BCUT2D eigenvalue weighted by Gasteiger charge is -2.30. The van der Waals surface area contributed by atoms with Crippen molar-refractivity contribution in [1.29, 1.82) is 0 Å². The van der Waals surface area contributed by atoms with Gasteiger partial charge in [0.05, 0.1) is 12.1 Å². The quantitative estimate of drug-likeness (QED) is 0.825. The molecule has 1 unspecified atom stereocenters. The molecule has 0 spiro atoms. The molecule has 5 heteroatoms. The fourth-order valence-electron chi connectivity index (χ4n) is 1.85. The van der Waals surface area contributed by atoms with Gasteiger partial charge in [-0.25, -0.2) is 0 Å². The van der Waals surface area contributed by atoms with Crippen molar-refractivity contribution in [2.45, 2.75) is 44.8 Å². The maximum atomic E-state index is 12.1. The fourth-order valence-corrected chi connectivity index (χ4v) is 1.85. The number of aliphatic hydroxyl groups is 1. The van der Waals surface area contributed by atoms with Crippen LogP contribution >= 0.6 is 0 Å². The van der Waals surface area contributed by atoms with Crippen molar-refractivity contribution < 1.29 is 18.3 Å². The van der Waals surface area contributed by atoms with Gasteiger partial charge in [0, 0.05) is 12.1 Å². The zero-order valence-electron chi connectivity index (χ0n) is 11.2. The number of anilines is 1. The second-order valence-corrected chi connectivity index (χ2v) is 5.18. The van der Waals surface area contributed by atoms with E-state index in [1.807, 2.05) is 31.2 Å². The van der Waals surface area contributed by atoms with Crippen molar-refractivity contribution in [3.63, 3.8) is 0 Å². The Labute approximate surface area is 111 Å². The number of halogens is 3. The molecule has 0 radical (unpaired) electrons. The van der Waals surface area contributed by atoms with Crippen LogP contribution in [0.5, 0.6) is 0 Å². The van der Waals surface area contributed by atoms with Gasteiger partial charge in [-0.2, -0.15) is 13.2 Å². The van der Waals surface area contributed by atoms with Crippen LogP contribution in [-0.2, 0) is 0 Å². The van der Waals surface area contributed by atoms with Gasteiger partial charge in [0.2, 0.25) is 0 Å². The van der Waals surface area contributed by atoms with Gasteiger partial charge in [0.15, 0.2) is 0 Å². The highest BCUT2D eigenvalue weighted by molar-refractivity contribution is 5.46. The van der Waals surface area contributed by atoms with Gasteiger partial charge in [-0.15, -0.1) is 0 Å². The SMILES string of the molecule is Cc1ccc(NC(C)(CO)CCCC(F)(F)F)cc1. The number of benzene rings is 1. The van der Waals surface area contributed by atoms with Crippen molar-refractivity contribution in [3.8, 4) is 0 Å². The van der Waals surface area contributed by atoms with Crippen molar-refractivity contribution in [1.82, 2.24) is 0 Å². The third-order valence-electron chi connectivity index (χ3n) is 3.04. The first kappa shape index (κ1) is 15.8. The molecule has 0 bridgehead atoms. The van der Waals surface area contributed by atoms with Crippen molar-refractivity contribution in [2.24, 2.45) is 0 Å². The standard InChI is InChI=1S/C14H20F3NO/c1-11-4-6-12(7-5-11)18-13(2,10-19)8-3-9-14(15,16)17/h4-7,18-19H,3,8-10H2,1-2H3. The van der Waals surface area contributed by atoms with E-state index in [0.717, 1.165) is 11.3 Å². The summed E-state index contributed by atoms with van der Waals surface area (Å²) in [5.41, 5.74) is 1.17. The van der Waals surface area contributed by atoms with Gasteiger partial charge in [0.25, 0.3) is 0 Å². The number of rotatable bonds is 6. The van der Waals surface area contributed by atoms with Crippen LogP contribution in [0.15, 0.2) is 24.3 Å². The molecule has 2 nitrogen and oxygen atoms in total. The summed E-state index contributed by atoms with van der Waals surface area (Å²) in [5, 5.41) is 12.5. The first-order valence-electron chi connectivity index (χ1n) is 6.27. The van der Waals surface area contributed by atoms with E-state index in [4.69, 9.17) is 0 Å². The lowest BCUT2D eigenvalue weighted by molar-refractivity contribution is -0.136. The molecule has 0 saturated heterocycles. The summed E-state index contributed by atoms with van der Waals surface area (Å²) in [6.45, 7) is 3.47. The molecule has 1 aromatic rings. The predicted octanol–water partition coefficient (Wildman–Crippen LogP) is 3.89. The Morgan fingerprint density at radius 3 is 2.16 bits per heavy atom. The summed E-state index contributed by atoms with van der Waals surface area (Å²) < 4.78 is 36.4. The van der Waals surface area contributed by atoms with Crippen LogP contribution in [0.4, 0.5) is 18.9 Å². The van der Waals surface area contributed by atoms with Crippen LogP contribution in [0.25, 0.3) is 0 Å². The van der Waals surface area contributed by atoms with Crippen LogP contribution in [0.2, 0.25) is 0 Å². The topological polar surface area (TPSA) is 32.3 Å². The van der Waals surface area contributed by atoms with Crippen LogP contribution < -0.4 is 5.32 Å². The summed E-state index contributed by atoms with van der Waals surface area (Å²) in [4.78, 5) is 0. The Kier molecular flexibility index (Phi) is 5.23. The van der Waals surface area contributed by atoms with Crippen molar-refractivity contribution >= 4 is 5.69 Å². The normalized spacial score (nSPS) is 15.1. The minimum atomic E-state index is -4.14. The van der Waals surface area contributed by atoms with E-state index in [2.05, 4.69) is 5.32 Å². The summed E-state index contributed by atoms with van der Waals surface area (Å²) in [6.07, 6.45) is -4.70. The second-order valence-electron chi connectivity index (χ2n) is 5.18. The molecule has 2 N–H and O–H groups in total. The van der Waals surface area contributed by atoms with E-state index in [-0.39, 0.29) is 19.4 Å². The molecule has 108 valence electrons. The number of aryl methyl sites for hydroxylation is 1. The Balaban J connectivity index is 2.57. The number of hydrogen-bond acceptors (Lipinski definition) is 2. The molecular weight excluding hydrogens is 255 g/mol. The Bertz CT molecular complexity index is 389. The summed E-state index contributed by atoms with van der Waals surface area (Å²) >= 11 is 0. The fraction of sp³-hybridized carbons (Fsp3) is 0.571. The summed E-state index contributed by atoms with van der Waals surface area (Å²) in [7, 11) is 0. The third kappa shape index (κ3) is 5.96. The Morgan fingerprint density at radius 1 is 1.11 bits per heavy atom. The number of aliphatic hydroxyl groups excluding tert-OH is 1. The number of alkyl halides is 3. The van der Waals surface area contributed by atoms with Gasteiger partial charge in [0.1, 0.15) is 0 Å². The maximum absolute atomic E-state index is 12.1. The van der Waals surface area contributed by atoms with E-state index < -0.39 is 18.1 Å². The number of hydrogen-bond donors (Lipinski definition) is 2. The maximum Gasteiger partial charge on any atom is 0.389 e. The highest BCUT2D eigenvalue weighted by Crippen LogP contribution is 2.26. The average Bonchev–Trinajstić information content (AvgIpc) is 2.30. The van der Waals surface area contributed by atoms with E-state index in [0.29, 0.717) is 0 Å². The average molecular weight is 275 g/mol. The molecule has 1 aromatic carbocycles. The summed E-state index contributed by atoms with van der Waals surface area (Å²) in [5.74, 6) is 0. The van der Waals surface area contributed by atoms with Crippen molar-refractivity contribution in [2.75, 3.05) is 11.9 Å². The molecule has 0 aromatic heterocycles. The van der Waals surface area contributed by atoms with E-state index in [9.17, 15) is 18.3 Å². The molecule has 0 aliphatic rings. The minimum Gasteiger partial charge on any atom is -0.394 e. The predicted molar refractivity (Wildman–Crippen MR) is 70.2 cm³/mol. The zero-order chi connectivity index (χ0) is 14.5. The molecule has 0 saturated carbocycles. The van der Waals surface area contributed by atoms with E-state index in [1.165, 1.54) is 0 Å². The van der Waals surface area contributed by atoms with Gasteiger partial charge in [-0.3, -0.25) is 0 Å². The zero-order valence-corrected chi connectivity index (χ0v) is 11.2. The minimum absolute atomic E-state index is 0.000574. The molecule has 0 amide bonds. The molecule has 0 aliphatic heterocycles. The van der Waals surface area contributed by atoms with Gasteiger partial charge in [-0.05, 0) is 38.8 Å². The largest absolute Gasteiger partial charge is 0.394 e. The van der Waals surface area contributed by atoms with E-state index >= 15 is 0 Å². The highest BCUT2D eigenvalue weighted by atomic mass is 19.4. The van der Waals surface area contributed by atoms with Gasteiger partial charge < -0.3 is 10.4 Å². The molecule has 1 rings (SSSR count). The Hall–Kier alpha value is -1.23. The molecule has 0 fully saturated rings. The molecule has 0 aliphatic carbocycles. The first-order valence-corrected chi connectivity index (χ1v) is 6.27. The monoisotopic (exact) mass is 275 g/mol. The molecule has 19 heavy (non-hydrogen) atoms. The lowest BCUT2D eigenvalue weighted by atomic mass is 9.95. The van der Waals surface area contributed by atoms with Crippen LogP contribution in [0, 0.1) is 6.92 Å². The Morgan fingerprint density at radius 2 is 1.68 bits per heavy atom. The second kappa shape index (κ2) is 6.28. The van der Waals surface area contributed by atoms with Gasteiger partial charge in [-0.1, -0.05) is 17.7 Å². The van der Waals surface area contributed by atoms with Crippen molar-refractivity contribution in [3.05, 3.63) is 29.8 Å². The van der Waals surface area contributed by atoms with Crippen LogP contribution in [0.1, 0.15) is 31.7 Å². The van der Waals surface area contributed by atoms with Crippen LogP contribution in [0.3, 0.4) is 0 Å². The number of nitrogens with one attached hydrogen (secondary N) is 1. The van der Waals surface area contributed by atoms with E-state index in [1.54, 1.807) is 6.92 Å². The summed E-state index contributed by atoms with van der Waals surface area (Å²) in [6, 6.07) is 7.53. The third-order valence-corrected chi connectivity index (χ3v) is 3.04. The highest BCUT2D eigenvalue weighted by Gasteiger charge is 2.29. The first-order chi connectivity index (χ1) is 8.74. The molecule has 0 heterocycles. The smallest absolute Gasteiger partial charge is 0.389 e. The molecule has 1 atom stereocenters. The molecular formula is C14H20F3NO. The lowest BCUT2D eigenvalue weighted by Crippen LogP contribution is -2.39. The van der Waals surface area contributed by atoms with Crippen LogP contribution in [-0.4, -0.2) is 23.4 Å².